The molecule has 0 saturated heterocycles. The molecule has 1 amide bonds. The minimum Gasteiger partial charge on any atom is -0.508 e. The quantitative estimate of drug-likeness (QED) is 0.860. The number of nitrogens with zero attached hydrogens (tertiary/aromatic N) is 1. The van der Waals surface area contributed by atoms with Crippen molar-refractivity contribution in [2.24, 2.45) is 11.8 Å². The van der Waals surface area contributed by atoms with E-state index in [1.165, 1.54) is 18.2 Å². The summed E-state index contributed by atoms with van der Waals surface area (Å²) in [5, 5.41) is 18.9. The van der Waals surface area contributed by atoms with Crippen molar-refractivity contribution in [2.45, 2.75) is 27.7 Å². The lowest BCUT2D eigenvalue weighted by atomic mass is 10.1. The van der Waals surface area contributed by atoms with Gasteiger partial charge in [-0.25, -0.2) is 0 Å². The molecule has 1 aromatic carbocycles. The minimum atomic E-state index is -0.159. The molecule has 0 heterocycles. The van der Waals surface area contributed by atoms with Gasteiger partial charge in [0, 0.05) is 24.7 Å². The Labute approximate surface area is 114 Å². The predicted octanol–water partition coefficient (Wildman–Crippen LogP) is 2.85. The Morgan fingerprint density at radius 1 is 1.00 bits per heavy atom. The summed E-state index contributed by atoms with van der Waals surface area (Å²) in [7, 11) is 0. The lowest BCUT2D eigenvalue weighted by Gasteiger charge is -2.26. The number of hydrogen-bond donors (Lipinski definition) is 2. The van der Waals surface area contributed by atoms with Gasteiger partial charge in [-0.15, -0.1) is 0 Å². The van der Waals surface area contributed by atoms with Gasteiger partial charge in [0.05, 0.1) is 0 Å². The molecule has 0 radical (unpaired) electrons. The number of aromatic hydroxyl groups is 2. The predicted molar refractivity (Wildman–Crippen MR) is 75.4 cm³/mol. The van der Waals surface area contributed by atoms with Gasteiger partial charge in [0.1, 0.15) is 11.5 Å². The Hall–Kier alpha value is -1.71. The summed E-state index contributed by atoms with van der Waals surface area (Å²) < 4.78 is 0. The first-order chi connectivity index (χ1) is 8.79. The first-order valence-electron chi connectivity index (χ1n) is 6.62. The number of benzene rings is 1. The summed E-state index contributed by atoms with van der Waals surface area (Å²) in [4.78, 5) is 14.2. The number of amides is 1. The molecule has 0 saturated carbocycles. The van der Waals surface area contributed by atoms with Crippen LogP contribution in [0.15, 0.2) is 18.2 Å². The van der Waals surface area contributed by atoms with Crippen LogP contribution in [0.25, 0.3) is 0 Å². The van der Waals surface area contributed by atoms with Crippen molar-refractivity contribution in [1.29, 1.82) is 0 Å². The standard InChI is InChI=1S/C15H23NO3/c1-10(2)8-16(9-11(3)4)15(19)12-5-13(17)7-14(18)6-12/h5-7,10-11,17-18H,8-9H2,1-4H3. The molecule has 106 valence electrons. The van der Waals surface area contributed by atoms with E-state index in [4.69, 9.17) is 0 Å². The largest absolute Gasteiger partial charge is 0.508 e. The van der Waals surface area contributed by atoms with E-state index in [1.54, 1.807) is 4.90 Å². The van der Waals surface area contributed by atoms with Crippen LogP contribution in [-0.4, -0.2) is 34.1 Å². The van der Waals surface area contributed by atoms with Gasteiger partial charge >= 0.3 is 0 Å². The molecule has 0 spiro atoms. The van der Waals surface area contributed by atoms with Gasteiger partial charge in [0.2, 0.25) is 0 Å². The number of phenols is 2. The van der Waals surface area contributed by atoms with Crippen LogP contribution >= 0.6 is 0 Å². The molecule has 0 bridgehead atoms. The molecule has 0 unspecified atom stereocenters. The van der Waals surface area contributed by atoms with E-state index in [-0.39, 0.29) is 17.4 Å². The summed E-state index contributed by atoms with van der Waals surface area (Å²) >= 11 is 0. The zero-order valence-electron chi connectivity index (χ0n) is 12.1. The molecular weight excluding hydrogens is 242 g/mol. The molecule has 0 atom stereocenters. The molecule has 19 heavy (non-hydrogen) atoms. The highest BCUT2D eigenvalue weighted by Crippen LogP contribution is 2.22. The Morgan fingerprint density at radius 2 is 1.42 bits per heavy atom. The summed E-state index contributed by atoms with van der Waals surface area (Å²) in [6.07, 6.45) is 0. The lowest BCUT2D eigenvalue weighted by molar-refractivity contribution is 0.0714. The maximum Gasteiger partial charge on any atom is 0.254 e. The Bertz CT molecular complexity index is 411. The third-order valence-corrected chi connectivity index (χ3v) is 2.61. The second-order valence-electron chi connectivity index (χ2n) is 5.74. The summed E-state index contributed by atoms with van der Waals surface area (Å²) in [5.74, 6) is 0.380. The minimum absolute atomic E-state index is 0.0996. The van der Waals surface area contributed by atoms with Crippen molar-refractivity contribution >= 4 is 5.91 Å². The third-order valence-electron chi connectivity index (χ3n) is 2.61. The first-order valence-corrected chi connectivity index (χ1v) is 6.62. The second kappa shape index (κ2) is 6.45. The smallest absolute Gasteiger partial charge is 0.254 e. The number of rotatable bonds is 5. The summed E-state index contributed by atoms with van der Waals surface area (Å²) in [6, 6.07) is 3.98. The highest BCUT2D eigenvalue weighted by Gasteiger charge is 2.19. The summed E-state index contributed by atoms with van der Waals surface area (Å²) in [5.41, 5.74) is 0.318. The number of carbonyl (C=O) groups is 1. The van der Waals surface area contributed by atoms with Gasteiger partial charge in [-0.2, -0.15) is 0 Å². The average Bonchev–Trinajstić information content (AvgIpc) is 2.24. The second-order valence-corrected chi connectivity index (χ2v) is 5.74. The molecule has 2 N–H and O–H groups in total. The number of carbonyl (C=O) groups excluding carboxylic acids is 1. The van der Waals surface area contributed by atoms with E-state index in [9.17, 15) is 15.0 Å². The van der Waals surface area contributed by atoms with Crippen LogP contribution < -0.4 is 0 Å². The van der Waals surface area contributed by atoms with E-state index < -0.39 is 0 Å². The van der Waals surface area contributed by atoms with Crippen molar-refractivity contribution in [1.82, 2.24) is 4.90 Å². The molecular formula is C15H23NO3. The van der Waals surface area contributed by atoms with E-state index in [1.807, 2.05) is 0 Å². The highest BCUT2D eigenvalue weighted by molar-refractivity contribution is 5.95. The fourth-order valence-corrected chi connectivity index (χ4v) is 2.02. The highest BCUT2D eigenvalue weighted by atomic mass is 16.3. The van der Waals surface area contributed by atoms with Crippen molar-refractivity contribution in [3.63, 3.8) is 0 Å². The van der Waals surface area contributed by atoms with Crippen molar-refractivity contribution < 1.29 is 15.0 Å². The van der Waals surface area contributed by atoms with Crippen LogP contribution in [0.5, 0.6) is 11.5 Å². The molecule has 0 aliphatic carbocycles. The van der Waals surface area contributed by atoms with Crippen LogP contribution in [0.1, 0.15) is 38.1 Å². The zero-order chi connectivity index (χ0) is 14.6. The molecule has 0 aromatic heterocycles. The average molecular weight is 265 g/mol. The van der Waals surface area contributed by atoms with Crippen LogP contribution in [0, 0.1) is 11.8 Å². The molecule has 0 aliphatic rings. The molecule has 4 heteroatoms. The zero-order valence-corrected chi connectivity index (χ0v) is 12.1. The monoisotopic (exact) mass is 265 g/mol. The lowest BCUT2D eigenvalue weighted by Crippen LogP contribution is -2.37. The fourth-order valence-electron chi connectivity index (χ4n) is 2.02. The molecule has 1 rings (SSSR count). The first kappa shape index (κ1) is 15.3. The van der Waals surface area contributed by atoms with Gasteiger partial charge in [-0.3, -0.25) is 4.79 Å². The summed E-state index contributed by atoms with van der Waals surface area (Å²) in [6.45, 7) is 9.54. The van der Waals surface area contributed by atoms with Gasteiger partial charge in [-0.1, -0.05) is 27.7 Å². The molecule has 0 fully saturated rings. The maximum absolute atomic E-state index is 12.4. The molecule has 4 nitrogen and oxygen atoms in total. The topological polar surface area (TPSA) is 60.8 Å². The van der Waals surface area contributed by atoms with Crippen LogP contribution in [-0.2, 0) is 0 Å². The normalized spacial score (nSPS) is 11.1. The third kappa shape index (κ3) is 4.81. The molecule has 1 aromatic rings. The Morgan fingerprint density at radius 3 is 1.79 bits per heavy atom. The van der Waals surface area contributed by atoms with Crippen molar-refractivity contribution in [2.75, 3.05) is 13.1 Å². The number of phenolic OH excluding ortho intramolecular Hbond substituents is 2. The maximum atomic E-state index is 12.4. The van der Waals surface area contributed by atoms with E-state index in [0.717, 1.165) is 0 Å². The molecule has 0 aliphatic heterocycles. The van der Waals surface area contributed by atoms with Gasteiger partial charge in [-0.05, 0) is 24.0 Å². The van der Waals surface area contributed by atoms with Gasteiger partial charge < -0.3 is 15.1 Å². The van der Waals surface area contributed by atoms with E-state index in [0.29, 0.717) is 30.5 Å². The van der Waals surface area contributed by atoms with E-state index in [2.05, 4.69) is 27.7 Å². The van der Waals surface area contributed by atoms with Crippen molar-refractivity contribution in [3.8, 4) is 11.5 Å². The van der Waals surface area contributed by atoms with Crippen LogP contribution in [0.3, 0.4) is 0 Å². The van der Waals surface area contributed by atoms with Crippen LogP contribution in [0.2, 0.25) is 0 Å². The van der Waals surface area contributed by atoms with E-state index >= 15 is 0 Å². The SMILES string of the molecule is CC(C)CN(CC(C)C)C(=O)c1cc(O)cc(O)c1. The fraction of sp³-hybridized carbons (Fsp3) is 0.533. The van der Waals surface area contributed by atoms with Gasteiger partial charge in [0.15, 0.2) is 0 Å². The van der Waals surface area contributed by atoms with Crippen LogP contribution in [0.4, 0.5) is 0 Å². The number of hydrogen-bond acceptors (Lipinski definition) is 3. The van der Waals surface area contributed by atoms with Gasteiger partial charge in [0.25, 0.3) is 5.91 Å². The Kier molecular flexibility index (Phi) is 5.21. The van der Waals surface area contributed by atoms with Crippen molar-refractivity contribution in [3.05, 3.63) is 23.8 Å². The Balaban J connectivity index is 2.97.